The van der Waals surface area contributed by atoms with Gasteiger partial charge < -0.3 is 14.8 Å². The van der Waals surface area contributed by atoms with Crippen LogP contribution in [0.1, 0.15) is 34.6 Å². The van der Waals surface area contributed by atoms with Crippen LogP contribution in [0.3, 0.4) is 0 Å². The number of aryl methyl sites for hydroxylation is 1. The molecule has 21 heavy (non-hydrogen) atoms. The number of rotatable bonds is 4. The average molecular weight is 306 g/mol. The molecule has 5 nitrogen and oxygen atoms in total. The molecule has 0 radical (unpaired) electrons. The number of nitrogens with one attached hydrogen (secondary N) is 1. The first-order chi connectivity index (χ1) is 10.2. The Kier molecular flexibility index (Phi) is 4.07. The van der Waals surface area contributed by atoms with Crippen LogP contribution in [0.2, 0.25) is 0 Å². The molecular weight excluding hydrogens is 288 g/mol. The maximum atomic E-state index is 12.4. The average Bonchev–Trinajstić information content (AvgIpc) is 3.17. The first kappa shape index (κ1) is 14.3. The standard InChI is InChI=1S/C15H18N2O3S/c1-9-13(17-15(21-9)12-6-3-7-20-12)14(19)16-11-5-2-4-10(11)8-18/h3,6-7,10-11,18H,2,4-5,8H2,1H3,(H,16,19). The van der Waals surface area contributed by atoms with Crippen molar-refractivity contribution in [3.05, 3.63) is 29.0 Å². The lowest BCUT2D eigenvalue weighted by Crippen LogP contribution is -2.38. The van der Waals surface area contributed by atoms with Crippen LogP contribution in [-0.2, 0) is 0 Å². The number of aliphatic hydroxyl groups excluding tert-OH is 1. The fourth-order valence-electron chi connectivity index (χ4n) is 2.79. The number of furan rings is 1. The third kappa shape index (κ3) is 2.87. The van der Waals surface area contributed by atoms with E-state index in [4.69, 9.17) is 4.42 Å². The van der Waals surface area contributed by atoms with Crippen molar-refractivity contribution in [1.82, 2.24) is 10.3 Å². The molecule has 2 atom stereocenters. The summed E-state index contributed by atoms with van der Waals surface area (Å²) in [5.41, 5.74) is 0.454. The Hall–Kier alpha value is -1.66. The van der Waals surface area contributed by atoms with Crippen molar-refractivity contribution >= 4 is 17.2 Å². The van der Waals surface area contributed by atoms with E-state index in [2.05, 4.69) is 10.3 Å². The normalized spacial score (nSPS) is 21.6. The molecule has 0 bridgehead atoms. The van der Waals surface area contributed by atoms with E-state index in [0.29, 0.717) is 16.5 Å². The molecule has 112 valence electrons. The van der Waals surface area contributed by atoms with Crippen molar-refractivity contribution in [3.8, 4) is 10.8 Å². The molecular formula is C15H18N2O3S. The molecule has 0 aromatic carbocycles. The Morgan fingerprint density at radius 1 is 1.57 bits per heavy atom. The molecule has 1 aliphatic carbocycles. The third-order valence-electron chi connectivity index (χ3n) is 3.95. The van der Waals surface area contributed by atoms with Crippen LogP contribution in [0.25, 0.3) is 10.8 Å². The number of carbonyl (C=O) groups excluding carboxylic acids is 1. The second kappa shape index (κ2) is 5.99. The minimum absolute atomic E-state index is 0.0515. The van der Waals surface area contributed by atoms with Crippen molar-refractivity contribution in [2.45, 2.75) is 32.2 Å². The van der Waals surface area contributed by atoms with Gasteiger partial charge in [-0.05, 0) is 31.9 Å². The minimum Gasteiger partial charge on any atom is -0.462 e. The lowest BCUT2D eigenvalue weighted by Gasteiger charge is -2.18. The van der Waals surface area contributed by atoms with Gasteiger partial charge in [-0.15, -0.1) is 11.3 Å². The maximum Gasteiger partial charge on any atom is 0.271 e. The summed E-state index contributed by atoms with van der Waals surface area (Å²) < 4.78 is 5.32. The molecule has 3 rings (SSSR count). The predicted molar refractivity (Wildman–Crippen MR) is 80.2 cm³/mol. The highest BCUT2D eigenvalue weighted by atomic mass is 32.1. The van der Waals surface area contributed by atoms with E-state index in [-0.39, 0.29) is 24.5 Å². The number of aliphatic hydroxyl groups is 1. The van der Waals surface area contributed by atoms with Gasteiger partial charge in [0.15, 0.2) is 10.8 Å². The monoisotopic (exact) mass is 306 g/mol. The van der Waals surface area contributed by atoms with Crippen LogP contribution in [-0.4, -0.2) is 28.6 Å². The molecule has 2 unspecified atom stereocenters. The highest BCUT2D eigenvalue weighted by Crippen LogP contribution is 2.29. The zero-order chi connectivity index (χ0) is 14.8. The lowest BCUT2D eigenvalue weighted by molar-refractivity contribution is 0.0911. The Morgan fingerprint density at radius 2 is 2.43 bits per heavy atom. The summed E-state index contributed by atoms with van der Waals surface area (Å²) >= 11 is 1.45. The Bertz CT molecular complexity index is 621. The second-order valence-electron chi connectivity index (χ2n) is 5.35. The molecule has 1 fully saturated rings. The van der Waals surface area contributed by atoms with Crippen molar-refractivity contribution in [1.29, 1.82) is 0 Å². The predicted octanol–water partition coefficient (Wildman–Crippen LogP) is 2.60. The van der Waals surface area contributed by atoms with Crippen LogP contribution in [0.5, 0.6) is 0 Å². The van der Waals surface area contributed by atoms with E-state index < -0.39 is 0 Å². The van der Waals surface area contributed by atoms with E-state index in [1.165, 1.54) is 11.3 Å². The summed E-state index contributed by atoms with van der Waals surface area (Å²) in [6.07, 6.45) is 4.53. The summed E-state index contributed by atoms with van der Waals surface area (Å²) in [5, 5.41) is 13.1. The number of amides is 1. The Labute approximate surface area is 127 Å². The van der Waals surface area contributed by atoms with Crippen molar-refractivity contribution in [2.75, 3.05) is 6.61 Å². The summed E-state index contributed by atoms with van der Waals surface area (Å²) in [6, 6.07) is 3.69. The maximum absolute atomic E-state index is 12.4. The van der Waals surface area contributed by atoms with Gasteiger partial charge in [0, 0.05) is 23.4 Å². The smallest absolute Gasteiger partial charge is 0.271 e. The third-order valence-corrected chi connectivity index (χ3v) is 4.94. The van der Waals surface area contributed by atoms with E-state index in [9.17, 15) is 9.90 Å². The van der Waals surface area contributed by atoms with Crippen molar-refractivity contribution in [3.63, 3.8) is 0 Å². The van der Waals surface area contributed by atoms with Gasteiger partial charge in [0.1, 0.15) is 5.69 Å². The largest absolute Gasteiger partial charge is 0.462 e. The Balaban J connectivity index is 1.76. The molecule has 1 saturated carbocycles. The quantitative estimate of drug-likeness (QED) is 0.910. The van der Waals surface area contributed by atoms with E-state index in [1.807, 2.05) is 13.0 Å². The number of hydrogen-bond acceptors (Lipinski definition) is 5. The number of thiazole rings is 1. The molecule has 1 amide bonds. The summed E-state index contributed by atoms with van der Waals surface area (Å²) in [6.45, 7) is 2.01. The second-order valence-corrected chi connectivity index (χ2v) is 6.56. The molecule has 0 saturated heterocycles. The fraction of sp³-hybridized carbons (Fsp3) is 0.467. The lowest BCUT2D eigenvalue weighted by atomic mass is 10.1. The molecule has 1 aliphatic rings. The summed E-state index contributed by atoms with van der Waals surface area (Å²) in [4.78, 5) is 17.7. The molecule has 2 aromatic rings. The first-order valence-electron chi connectivity index (χ1n) is 7.12. The summed E-state index contributed by atoms with van der Waals surface area (Å²) in [5.74, 6) is 0.681. The molecule has 0 spiro atoms. The molecule has 2 aromatic heterocycles. The molecule has 0 aliphatic heterocycles. The fourth-order valence-corrected chi connectivity index (χ4v) is 3.67. The van der Waals surface area contributed by atoms with Crippen molar-refractivity contribution in [2.24, 2.45) is 5.92 Å². The van der Waals surface area contributed by atoms with Gasteiger partial charge in [-0.25, -0.2) is 4.98 Å². The van der Waals surface area contributed by atoms with Crippen molar-refractivity contribution < 1.29 is 14.3 Å². The topological polar surface area (TPSA) is 75.4 Å². The van der Waals surface area contributed by atoms with Gasteiger partial charge in [-0.2, -0.15) is 0 Å². The Morgan fingerprint density at radius 3 is 3.14 bits per heavy atom. The number of hydrogen-bond donors (Lipinski definition) is 2. The zero-order valence-electron chi connectivity index (χ0n) is 11.8. The van der Waals surface area contributed by atoms with Gasteiger partial charge >= 0.3 is 0 Å². The first-order valence-corrected chi connectivity index (χ1v) is 7.93. The van der Waals surface area contributed by atoms with Gasteiger partial charge in [0.25, 0.3) is 5.91 Å². The van der Waals surface area contributed by atoms with Gasteiger partial charge in [0.2, 0.25) is 0 Å². The van der Waals surface area contributed by atoms with Gasteiger partial charge in [-0.1, -0.05) is 6.42 Å². The molecule has 6 heteroatoms. The zero-order valence-corrected chi connectivity index (χ0v) is 12.7. The SMILES string of the molecule is Cc1sc(-c2ccco2)nc1C(=O)NC1CCCC1CO. The molecule has 2 N–H and O–H groups in total. The highest BCUT2D eigenvalue weighted by molar-refractivity contribution is 7.15. The van der Waals surface area contributed by atoms with E-state index in [0.717, 1.165) is 24.1 Å². The van der Waals surface area contributed by atoms with Crippen LogP contribution in [0, 0.1) is 12.8 Å². The number of nitrogens with zero attached hydrogens (tertiary/aromatic N) is 1. The van der Waals surface area contributed by atoms with Crippen LogP contribution in [0.4, 0.5) is 0 Å². The van der Waals surface area contributed by atoms with Gasteiger partial charge in [0.05, 0.1) is 6.26 Å². The molecule has 2 heterocycles. The van der Waals surface area contributed by atoms with E-state index >= 15 is 0 Å². The van der Waals surface area contributed by atoms with Gasteiger partial charge in [-0.3, -0.25) is 4.79 Å². The van der Waals surface area contributed by atoms with Crippen LogP contribution < -0.4 is 5.32 Å². The minimum atomic E-state index is -0.160. The van der Waals surface area contributed by atoms with E-state index in [1.54, 1.807) is 12.3 Å². The number of carbonyl (C=O) groups is 1. The van der Waals surface area contributed by atoms with Crippen LogP contribution >= 0.6 is 11.3 Å². The van der Waals surface area contributed by atoms with Crippen LogP contribution in [0.15, 0.2) is 22.8 Å². The number of aromatic nitrogens is 1. The highest BCUT2D eigenvalue weighted by Gasteiger charge is 2.29. The summed E-state index contributed by atoms with van der Waals surface area (Å²) in [7, 11) is 0.